The van der Waals surface area contributed by atoms with Crippen molar-refractivity contribution in [1.82, 2.24) is 4.72 Å². The van der Waals surface area contributed by atoms with Crippen molar-refractivity contribution < 1.29 is 18.1 Å². The van der Waals surface area contributed by atoms with Gasteiger partial charge >= 0.3 is 0 Å². The maximum absolute atomic E-state index is 12.0. The highest BCUT2D eigenvalue weighted by molar-refractivity contribution is 7.88. The topological polar surface area (TPSA) is 98.5 Å². The fraction of sp³-hybridized carbons (Fsp3) is 0.200. The summed E-state index contributed by atoms with van der Waals surface area (Å²) >= 11 is 5.92. The van der Waals surface area contributed by atoms with Gasteiger partial charge in [0, 0.05) is 18.7 Å². The summed E-state index contributed by atoms with van der Waals surface area (Å²) in [6, 6.07) is 12.4. The van der Waals surface area contributed by atoms with E-state index in [1.54, 1.807) is 24.3 Å². The van der Waals surface area contributed by atoms with Gasteiger partial charge in [0.25, 0.3) is 5.69 Å². The van der Waals surface area contributed by atoms with E-state index in [1.165, 1.54) is 24.3 Å². The Morgan fingerprint density at radius 2 is 1.92 bits per heavy atom. The summed E-state index contributed by atoms with van der Waals surface area (Å²) in [6.45, 7) is 0.167. The Morgan fingerprint density at radius 1 is 1.17 bits per heavy atom. The molecule has 0 unspecified atom stereocenters. The highest BCUT2D eigenvalue weighted by Gasteiger charge is 2.14. The number of para-hydroxylation sites is 1. The summed E-state index contributed by atoms with van der Waals surface area (Å²) < 4.78 is 31.8. The van der Waals surface area contributed by atoms with Crippen molar-refractivity contribution in [2.45, 2.75) is 5.75 Å². The van der Waals surface area contributed by atoms with Crippen LogP contribution >= 0.6 is 11.6 Å². The lowest BCUT2D eigenvalue weighted by molar-refractivity contribution is -0.384. The van der Waals surface area contributed by atoms with E-state index in [0.29, 0.717) is 16.3 Å². The summed E-state index contributed by atoms with van der Waals surface area (Å²) in [4.78, 5) is 10.1. The molecule has 0 aromatic heterocycles. The van der Waals surface area contributed by atoms with Crippen LogP contribution in [-0.2, 0) is 15.8 Å². The fourth-order valence-corrected chi connectivity index (χ4v) is 3.26. The lowest BCUT2D eigenvalue weighted by Gasteiger charge is -2.09. The highest BCUT2D eigenvalue weighted by atomic mass is 35.5. The Labute approximate surface area is 144 Å². The Hall–Kier alpha value is -2.16. The standard InChI is InChI=1S/C15H15ClN2O5S/c16-14-6-1-2-7-15(14)23-9-8-17-24(21,22)11-12-4-3-5-13(10-12)18(19)20/h1-7,10,17H,8-9,11H2. The first-order valence-electron chi connectivity index (χ1n) is 6.95. The molecule has 9 heteroatoms. The first-order chi connectivity index (χ1) is 11.4. The normalized spacial score (nSPS) is 11.2. The van der Waals surface area contributed by atoms with E-state index >= 15 is 0 Å². The number of hydrogen-bond donors (Lipinski definition) is 1. The molecule has 0 aliphatic heterocycles. The first-order valence-corrected chi connectivity index (χ1v) is 8.98. The van der Waals surface area contributed by atoms with Crippen LogP contribution in [0.1, 0.15) is 5.56 Å². The van der Waals surface area contributed by atoms with Crippen LogP contribution in [0.25, 0.3) is 0 Å². The van der Waals surface area contributed by atoms with Gasteiger partial charge in [0.1, 0.15) is 12.4 Å². The van der Waals surface area contributed by atoms with Crippen molar-refractivity contribution in [3.05, 3.63) is 69.2 Å². The molecule has 0 amide bonds. The predicted octanol–water partition coefficient (Wildman–Crippen LogP) is 2.75. The molecule has 2 rings (SSSR count). The lowest BCUT2D eigenvalue weighted by Crippen LogP contribution is -2.29. The number of benzene rings is 2. The summed E-state index contributed by atoms with van der Waals surface area (Å²) in [7, 11) is -3.63. The summed E-state index contributed by atoms with van der Waals surface area (Å²) in [6.07, 6.45) is 0. The number of non-ortho nitro benzene ring substituents is 1. The molecule has 0 saturated carbocycles. The number of sulfonamides is 1. The SMILES string of the molecule is O=[N+]([O-])c1cccc(CS(=O)(=O)NCCOc2ccccc2Cl)c1. The Morgan fingerprint density at radius 3 is 2.62 bits per heavy atom. The van der Waals surface area contributed by atoms with Gasteiger partial charge in [-0.25, -0.2) is 13.1 Å². The average Bonchev–Trinajstić information content (AvgIpc) is 2.53. The molecule has 24 heavy (non-hydrogen) atoms. The monoisotopic (exact) mass is 370 g/mol. The Bertz CT molecular complexity index is 826. The van der Waals surface area contributed by atoms with Gasteiger partial charge in [-0.3, -0.25) is 10.1 Å². The van der Waals surface area contributed by atoms with E-state index in [4.69, 9.17) is 16.3 Å². The molecule has 0 radical (unpaired) electrons. The molecule has 7 nitrogen and oxygen atoms in total. The largest absolute Gasteiger partial charge is 0.491 e. The molecule has 0 saturated heterocycles. The quantitative estimate of drug-likeness (QED) is 0.437. The Balaban J connectivity index is 1.86. The molecular weight excluding hydrogens is 356 g/mol. The van der Waals surface area contributed by atoms with E-state index in [2.05, 4.69) is 4.72 Å². The van der Waals surface area contributed by atoms with Gasteiger partial charge in [0.05, 0.1) is 15.7 Å². The second kappa shape index (κ2) is 8.09. The zero-order chi connectivity index (χ0) is 17.6. The number of halogens is 1. The number of ether oxygens (including phenoxy) is 1. The van der Waals surface area contributed by atoms with Gasteiger partial charge < -0.3 is 4.74 Å². The maximum Gasteiger partial charge on any atom is 0.269 e. The smallest absolute Gasteiger partial charge is 0.269 e. The number of nitro groups is 1. The van der Waals surface area contributed by atoms with Crippen LogP contribution in [0.15, 0.2) is 48.5 Å². The van der Waals surface area contributed by atoms with Crippen molar-refractivity contribution in [2.75, 3.05) is 13.2 Å². The molecule has 0 fully saturated rings. The molecule has 128 valence electrons. The number of hydrogen-bond acceptors (Lipinski definition) is 5. The number of rotatable bonds is 8. The van der Waals surface area contributed by atoms with Crippen molar-refractivity contribution in [1.29, 1.82) is 0 Å². The van der Waals surface area contributed by atoms with Gasteiger partial charge in [-0.1, -0.05) is 35.9 Å². The van der Waals surface area contributed by atoms with Gasteiger partial charge in [-0.05, 0) is 17.7 Å². The summed E-state index contributed by atoms with van der Waals surface area (Å²) in [5, 5.41) is 11.1. The molecule has 2 aromatic carbocycles. The van der Waals surface area contributed by atoms with Crippen molar-refractivity contribution in [2.24, 2.45) is 0 Å². The maximum atomic E-state index is 12.0. The zero-order valence-corrected chi connectivity index (χ0v) is 14.1. The van der Waals surface area contributed by atoms with Crippen LogP contribution in [-0.4, -0.2) is 26.5 Å². The summed E-state index contributed by atoms with van der Waals surface area (Å²) in [5.74, 6) is 0.123. The molecular formula is C15H15ClN2O5S. The molecule has 0 heterocycles. The van der Waals surface area contributed by atoms with Crippen LogP contribution in [0.3, 0.4) is 0 Å². The lowest BCUT2D eigenvalue weighted by atomic mass is 10.2. The van der Waals surface area contributed by atoms with Gasteiger partial charge in [0.2, 0.25) is 10.0 Å². The minimum Gasteiger partial charge on any atom is -0.491 e. The molecule has 0 spiro atoms. The first kappa shape index (κ1) is 18.2. The second-order valence-electron chi connectivity index (χ2n) is 4.86. The van der Waals surface area contributed by atoms with Crippen LogP contribution in [0.5, 0.6) is 5.75 Å². The van der Waals surface area contributed by atoms with E-state index < -0.39 is 14.9 Å². The van der Waals surface area contributed by atoms with Crippen LogP contribution in [0, 0.1) is 10.1 Å². The highest BCUT2D eigenvalue weighted by Crippen LogP contribution is 2.22. The van der Waals surface area contributed by atoms with Crippen LogP contribution in [0.4, 0.5) is 5.69 Å². The van der Waals surface area contributed by atoms with Crippen LogP contribution < -0.4 is 9.46 Å². The molecule has 0 aliphatic carbocycles. The van der Waals surface area contributed by atoms with E-state index in [0.717, 1.165) is 0 Å². The van der Waals surface area contributed by atoms with Crippen molar-refractivity contribution in [3.8, 4) is 5.75 Å². The van der Waals surface area contributed by atoms with Gasteiger partial charge in [0.15, 0.2) is 0 Å². The van der Waals surface area contributed by atoms with Gasteiger partial charge in [-0.15, -0.1) is 0 Å². The fourth-order valence-electron chi connectivity index (χ4n) is 1.95. The summed E-state index contributed by atoms with van der Waals surface area (Å²) in [5.41, 5.74) is 0.188. The second-order valence-corrected chi connectivity index (χ2v) is 7.07. The third-order valence-electron chi connectivity index (χ3n) is 3.00. The van der Waals surface area contributed by atoms with Crippen LogP contribution in [0.2, 0.25) is 5.02 Å². The minimum absolute atomic E-state index is 0.0580. The molecule has 0 bridgehead atoms. The van der Waals surface area contributed by atoms with Crippen molar-refractivity contribution in [3.63, 3.8) is 0 Å². The molecule has 1 N–H and O–H groups in total. The van der Waals surface area contributed by atoms with Crippen molar-refractivity contribution >= 4 is 27.3 Å². The third kappa shape index (κ3) is 5.48. The number of nitro benzene ring substituents is 1. The molecule has 0 aliphatic rings. The van der Waals surface area contributed by atoms with Gasteiger partial charge in [-0.2, -0.15) is 0 Å². The van der Waals surface area contributed by atoms with E-state index in [1.807, 2.05) is 0 Å². The zero-order valence-electron chi connectivity index (χ0n) is 12.5. The average molecular weight is 371 g/mol. The number of nitrogens with one attached hydrogen (secondary N) is 1. The molecule has 2 aromatic rings. The molecule has 0 atom stereocenters. The number of nitrogens with zero attached hydrogens (tertiary/aromatic N) is 1. The van der Waals surface area contributed by atoms with E-state index in [9.17, 15) is 18.5 Å². The predicted molar refractivity (Wildman–Crippen MR) is 90.7 cm³/mol. The third-order valence-corrected chi connectivity index (χ3v) is 4.67. The minimum atomic E-state index is -3.63. The Kier molecular flexibility index (Phi) is 6.13. The van der Waals surface area contributed by atoms with E-state index in [-0.39, 0.29) is 24.6 Å².